The van der Waals surface area contributed by atoms with Gasteiger partial charge in [0.15, 0.2) is 5.82 Å². The Morgan fingerprint density at radius 2 is 2.39 bits per heavy atom. The number of aryl methyl sites for hydroxylation is 2. The fourth-order valence-electron chi connectivity index (χ4n) is 2.30. The highest BCUT2D eigenvalue weighted by Crippen LogP contribution is 2.31. The summed E-state index contributed by atoms with van der Waals surface area (Å²) in [7, 11) is 1.90. The van der Waals surface area contributed by atoms with Gasteiger partial charge in [0, 0.05) is 13.1 Å². The number of hydrogen-bond donors (Lipinski definition) is 1. The van der Waals surface area contributed by atoms with Gasteiger partial charge in [-0.2, -0.15) is 0 Å². The molecule has 1 atom stereocenters. The lowest BCUT2D eigenvalue weighted by molar-refractivity contribution is 0.291. The highest BCUT2D eigenvalue weighted by molar-refractivity contribution is 5.40. The predicted octanol–water partition coefficient (Wildman–Crippen LogP) is 1.34. The van der Waals surface area contributed by atoms with Crippen molar-refractivity contribution in [3.05, 3.63) is 41.5 Å². The van der Waals surface area contributed by atoms with E-state index in [1.165, 1.54) is 11.1 Å². The first-order valence-corrected chi connectivity index (χ1v) is 6.08. The summed E-state index contributed by atoms with van der Waals surface area (Å²) < 4.78 is 7.58. The van der Waals surface area contributed by atoms with Crippen LogP contribution >= 0.6 is 0 Å². The zero-order valence-corrected chi connectivity index (χ0v) is 10.3. The Kier molecular flexibility index (Phi) is 2.76. The van der Waals surface area contributed by atoms with Crippen molar-refractivity contribution < 1.29 is 4.74 Å². The lowest BCUT2D eigenvalue weighted by atomic mass is 10.1. The first-order valence-electron chi connectivity index (χ1n) is 6.08. The van der Waals surface area contributed by atoms with Crippen LogP contribution in [0.3, 0.4) is 0 Å². The first kappa shape index (κ1) is 11.2. The molecule has 5 nitrogen and oxygen atoms in total. The van der Waals surface area contributed by atoms with Crippen LogP contribution in [-0.4, -0.2) is 14.8 Å². The van der Waals surface area contributed by atoms with Crippen LogP contribution in [-0.2, 0) is 20.1 Å². The summed E-state index contributed by atoms with van der Waals surface area (Å²) in [4.78, 5) is 0. The summed E-state index contributed by atoms with van der Waals surface area (Å²) in [5.74, 6) is 1.68. The minimum atomic E-state index is 0.188. The van der Waals surface area contributed by atoms with Gasteiger partial charge in [0.05, 0.1) is 0 Å². The molecule has 0 aliphatic heterocycles. The molecule has 0 saturated carbocycles. The molecule has 1 aromatic carbocycles. The summed E-state index contributed by atoms with van der Waals surface area (Å²) in [5.41, 5.74) is 8.56. The Hall–Kier alpha value is -1.88. The summed E-state index contributed by atoms with van der Waals surface area (Å²) in [6.45, 7) is 0.432. The normalized spacial score (nSPS) is 17.8. The van der Waals surface area contributed by atoms with E-state index in [9.17, 15) is 0 Å². The van der Waals surface area contributed by atoms with Gasteiger partial charge >= 0.3 is 0 Å². The van der Waals surface area contributed by atoms with E-state index in [0.29, 0.717) is 6.61 Å². The Morgan fingerprint density at radius 3 is 3.17 bits per heavy atom. The minimum Gasteiger partial charge on any atom is -0.486 e. The minimum absolute atomic E-state index is 0.188. The lowest BCUT2D eigenvalue weighted by Crippen LogP contribution is -2.05. The van der Waals surface area contributed by atoms with Crippen molar-refractivity contribution in [1.82, 2.24) is 14.8 Å². The molecule has 1 aromatic heterocycles. The van der Waals surface area contributed by atoms with Crippen molar-refractivity contribution in [3.63, 3.8) is 0 Å². The van der Waals surface area contributed by atoms with Crippen molar-refractivity contribution in [2.24, 2.45) is 12.8 Å². The molecule has 5 heteroatoms. The Bertz CT molecular complexity index is 564. The van der Waals surface area contributed by atoms with Crippen LogP contribution in [0.25, 0.3) is 0 Å². The second kappa shape index (κ2) is 4.42. The predicted molar refractivity (Wildman–Crippen MR) is 67.0 cm³/mol. The zero-order valence-electron chi connectivity index (χ0n) is 10.3. The van der Waals surface area contributed by atoms with Crippen molar-refractivity contribution in [2.75, 3.05) is 0 Å². The van der Waals surface area contributed by atoms with E-state index in [2.05, 4.69) is 22.3 Å². The molecular weight excluding hydrogens is 228 g/mol. The molecule has 18 heavy (non-hydrogen) atoms. The number of nitrogens with two attached hydrogens (primary N) is 1. The summed E-state index contributed by atoms with van der Waals surface area (Å²) in [6.07, 6.45) is 3.74. The molecule has 0 unspecified atom stereocenters. The van der Waals surface area contributed by atoms with E-state index in [0.717, 1.165) is 24.4 Å². The van der Waals surface area contributed by atoms with E-state index >= 15 is 0 Å². The van der Waals surface area contributed by atoms with Gasteiger partial charge in [0.1, 0.15) is 18.7 Å². The van der Waals surface area contributed by atoms with Crippen LogP contribution in [0.1, 0.15) is 29.4 Å². The fraction of sp³-hybridized carbons (Fsp3) is 0.385. The molecule has 2 aromatic rings. The van der Waals surface area contributed by atoms with E-state index in [4.69, 9.17) is 10.5 Å². The molecule has 0 bridgehead atoms. The van der Waals surface area contributed by atoms with Crippen molar-refractivity contribution in [3.8, 4) is 5.75 Å². The van der Waals surface area contributed by atoms with Gasteiger partial charge in [-0.1, -0.05) is 6.07 Å². The van der Waals surface area contributed by atoms with E-state index in [1.807, 2.05) is 17.7 Å². The second-order valence-electron chi connectivity index (χ2n) is 4.65. The third-order valence-electron chi connectivity index (χ3n) is 3.41. The van der Waals surface area contributed by atoms with Gasteiger partial charge in [0.2, 0.25) is 0 Å². The topological polar surface area (TPSA) is 66.0 Å². The standard InChI is InChI=1S/C13H16N4O/c1-17-8-15-16-13(17)7-18-10-3-4-11-9(6-10)2-5-12(11)14/h3-4,6,8,12H,2,5,7,14H2,1H3/t12-/m0/s1. The van der Waals surface area contributed by atoms with Crippen LogP contribution in [0, 0.1) is 0 Å². The quantitative estimate of drug-likeness (QED) is 0.884. The number of ether oxygens (including phenoxy) is 1. The summed E-state index contributed by atoms with van der Waals surface area (Å²) >= 11 is 0. The van der Waals surface area contributed by atoms with Crippen molar-refractivity contribution in [1.29, 1.82) is 0 Å². The molecular formula is C13H16N4O. The molecule has 0 radical (unpaired) electrons. The Morgan fingerprint density at radius 1 is 1.50 bits per heavy atom. The molecule has 0 fully saturated rings. The highest BCUT2D eigenvalue weighted by atomic mass is 16.5. The number of aromatic nitrogens is 3. The maximum atomic E-state index is 6.00. The third kappa shape index (κ3) is 1.97. The Balaban J connectivity index is 1.73. The largest absolute Gasteiger partial charge is 0.486 e. The maximum absolute atomic E-state index is 6.00. The average molecular weight is 244 g/mol. The van der Waals surface area contributed by atoms with Gasteiger partial charge < -0.3 is 15.0 Å². The SMILES string of the molecule is Cn1cnnc1COc1ccc2c(c1)CC[C@@H]2N. The van der Waals surface area contributed by atoms with Gasteiger partial charge in [0.25, 0.3) is 0 Å². The van der Waals surface area contributed by atoms with Crippen LogP contribution < -0.4 is 10.5 Å². The van der Waals surface area contributed by atoms with Crippen LogP contribution in [0.5, 0.6) is 5.75 Å². The first-order chi connectivity index (χ1) is 8.74. The van der Waals surface area contributed by atoms with Gasteiger partial charge in [-0.3, -0.25) is 0 Å². The zero-order chi connectivity index (χ0) is 12.5. The van der Waals surface area contributed by atoms with Crippen molar-refractivity contribution >= 4 is 0 Å². The summed E-state index contributed by atoms with van der Waals surface area (Å²) in [6, 6.07) is 6.31. The van der Waals surface area contributed by atoms with E-state index < -0.39 is 0 Å². The monoisotopic (exact) mass is 244 g/mol. The second-order valence-corrected chi connectivity index (χ2v) is 4.65. The number of fused-ring (bicyclic) bond motifs is 1. The maximum Gasteiger partial charge on any atom is 0.170 e. The number of benzene rings is 1. The molecule has 0 spiro atoms. The molecule has 3 rings (SSSR count). The molecule has 1 aliphatic carbocycles. The van der Waals surface area contributed by atoms with E-state index in [1.54, 1.807) is 6.33 Å². The molecule has 0 amide bonds. The van der Waals surface area contributed by atoms with Crippen LogP contribution in [0.4, 0.5) is 0 Å². The Labute approximate surface area is 106 Å². The molecule has 0 saturated heterocycles. The number of hydrogen-bond acceptors (Lipinski definition) is 4. The van der Waals surface area contributed by atoms with Gasteiger partial charge in [-0.05, 0) is 36.1 Å². The third-order valence-corrected chi connectivity index (χ3v) is 3.41. The van der Waals surface area contributed by atoms with Gasteiger partial charge in [-0.25, -0.2) is 0 Å². The molecule has 1 aliphatic rings. The van der Waals surface area contributed by atoms with Gasteiger partial charge in [-0.15, -0.1) is 10.2 Å². The van der Waals surface area contributed by atoms with Crippen molar-refractivity contribution in [2.45, 2.75) is 25.5 Å². The molecule has 1 heterocycles. The number of nitrogens with zero attached hydrogens (tertiary/aromatic N) is 3. The highest BCUT2D eigenvalue weighted by Gasteiger charge is 2.19. The smallest absolute Gasteiger partial charge is 0.170 e. The fourth-order valence-corrected chi connectivity index (χ4v) is 2.30. The molecule has 2 N–H and O–H groups in total. The number of rotatable bonds is 3. The molecule has 94 valence electrons. The summed E-state index contributed by atoms with van der Waals surface area (Å²) in [5, 5.41) is 7.80. The lowest BCUT2D eigenvalue weighted by Gasteiger charge is -2.09. The van der Waals surface area contributed by atoms with Crippen LogP contribution in [0.15, 0.2) is 24.5 Å². The average Bonchev–Trinajstić information content (AvgIpc) is 2.94. The van der Waals surface area contributed by atoms with Crippen LogP contribution in [0.2, 0.25) is 0 Å². The van der Waals surface area contributed by atoms with E-state index in [-0.39, 0.29) is 6.04 Å².